The normalized spacial score (nSPS) is 12.1. The van der Waals surface area contributed by atoms with Crippen LogP contribution in [-0.2, 0) is 19.7 Å². The van der Waals surface area contributed by atoms with E-state index in [1.807, 2.05) is 0 Å². The Labute approximate surface area is 158 Å². The lowest BCUT2D eigenvalue weighted by molar-refractivity contribution is 0.458. The molecule has 27 heavy (non-hydrogen) atoms. The van der Waals surface area contributed by atoms with Gasteiger partial charge in [-0.15, -0.1) is 0 Å². The Morgan fingerprint density at radius 3 is 1.63 bits per heavy atom. The molecule has 0 amide bonds. The highest BCUT2D eigenvalue weighted by atomic mass is 32.2. The van der Waals surface area contributed by atoms with Gasteiger partial charge in [0.25, 0.3) is 0 Å². The first kappa shape index (κ1) is 19.1. The Bertz CT molecular complexity index is 1230. The van der Waals surface area contributed by atoms with Crippen LogP contribution < -0.4 is 0 Å². The lowest BCUT2D eigenvalue weighted by Crippen LogP contribution is -2.08. The second kappa shape index (κ2) is 6.83. The standard InChI is InChI=1S/C20H18O5S2/c1-14-7-3-5-9-18(14)26(22,23)16-11-12-17(21)20(13-16)27(24,25)19-10-6-4-8-15(19)2/h3-13,21H,1-2H3. The summed E-state index contributed by atoms with van der Waals surface area (Å²) in [6.45, 7) is 3.30. The van der Waals surface area contributed by atoms with Gasteiger partial charge in [0.05, 0.1) is 14.7 Å². The predicted molar refractivity (Wildman–Crippen MR) is 101 cm³/mol. The topological polar surface area (TPSA) is 88.5 Å². The van der Waals surface area contributed by atoms with Gasteiger partial charge in [0.1, 0.15) is 10.6 Å². The highest BCUT2D eigenvalue weighted by molar-refractivity contribution is 7.92. The first-order chi connectivity index (χ1) is 12.7. The Morgan fingerprint density at radius 2 is 1.11 bits per heavy atom. The van der Waals surface area contributed by atoms with Gasteiger partial charge in [-0.3, -0.25) is 0 Å². The van der Waals surface area contributed by atoms with Crippen molar-refractivity contribution in [3.05, 3.63) is 77.9 Å². The van der Waals surface area contributed by atoms with Gasteiger partial charge in [-0.1, -0.05) is 36.4 Å². The van der Waals surface area contributed by atoms with E-state index >= 15 is 0 Å². The second-order valence-electron chi connectivity index (χ2n) is 6.17. The van der Waals surface area contributed by atoms with Crippen LogP contribution in [-0.4, -0.2) is 21.9 Å². The van der Waals surface area contributed by atoms with Gasteiger partial charge in [-0.25, -0.2) is 16.8 Å². The smallest absolute Gasteiger partial charge is 0.210 e. The van der Waals surface area contributed by atoms with E-state index in [2.05, 4.69) is 0 Å². The molecule has 0 atom stereocenters. The van der Waals surface area contributed by atoms with Crippen LogP contribution in [0.3, 0.4) is 0 Å². The van der Waals surface area contributed by atoms with E-state index in [9.17, 15) is 21.9 Å². The zero-order valence-corrected chi connectivity index (χ0v) is 16.4. The van der Waals surface area contributed by atoms with Crippen molar-refractivity contribution in [1.82, 2.24) is 0 Å². The fraction of sp³-hybridized carbons (Fsp3) is 0.100. The van der Waals surface area contributed by atoms with E-state index in [-0.39, 0.29) is 14.7 Å². The van der Waals surface area contributed by atoms with E-state index in [1.165, 1.54) is 18.2 Å². The summed E-state index contributed by atoms with van der Waals surface area (Å²) in [5, 5.41) is 10.1. The van der Waals surface area contributed by atoms with Crippen molar-refractivity contribution < 1.29 is 21.9 Å². The van der Waals surface area contributed by atoms with Crippen LogP contribution in [0.2, 0.25) is 0 Å². The molecule has 3 aromatic carbocycles. The maximum Gasteiger partial charge on any atom is 0.210 e. The SMILES string of the molecule is Cc1ccccc1S(=O)(=O)c1ccc(O)c(S(=O)(=O)c2ccccc2C)c1. The molecule has 1 N–H and O–H groups in total. The van der Waals surface area contributed by atoms with Gasteiger partial charge >= 0.3 is 0 Å². The molecule has 0 unspecified atom stereocenters. The number of benzene rings is 3. The average molecular weight is 402 g/mol. The summed E-state index contributed by atoms with van der Waals surface area (Å²) in [6.07, 6.45) is 0. The Balaban J connectivity index is 2.22. The molecule has 0 saturated carbocycles. The lowest BCUT2D eigenvalue weighted by Gasteiger charge is -2.12. The zero-order chi connectivity index (χ0) is 19.8. The van der Waals surface area contributed by atoms with Crippen molar-refractivity contribution in [2.24, 2.45) is 0 Å². The monoisotopic (exact) mass is 402 g/mol. The molecule has 0 aliphatic heterocycles. The molecule has 7 heteroatoms. The van der Waals surface area contributed by atoms with Crippen LogP contribution in [0, 0.1) is 13.8 Å². The van der Waals surface area contributed by atoms with Crippen LogP contribution in [0.5, 0.6) is 5.75 Å². The molecule has 0 spiro atoms. The molecule has 5 nitrogen and oxygen atoms in total. The highest BCUT2D eigenvalue weighted by Crippen LogP contribution is 2.34. The number of aryl methyl sites for hydroxylation is 2. The van der Waals surface area contributed by atoms with E-state index in [1.54, 1.807) is 50.2 Å². The van der Waals surface area contributed by atoms with Crippen LogP contribution in [0.25, 0.3) is 0 Å². The minimum atomic E-state index is -4.09. The molecular formula is C20H18O5S2. The third-order valence-electron chi connectivity index (χ3n) is 4.30. The van der Waals surface area contributed by atoms with Gasteiger partial charge < -0.3 is 5.11 Å². The predicted octanol–water partition coefficient (Wildman–Crippen LogP) is 3.67. The molecule has 140 valence electrons. The summed E-state index contributed by atoms with van der Waals surface area (Å²) >= 11 is 0. The molecule has 3 rings (SSSR count). The first-order valence-electron chi connectivity index (χ1n) is 8.10. The van der Waals surface area contributed by atoms with Crippen molar-refractivity contribution in [3.8, 4) is 5.75 Å². The third kappa shape index (κ3) is 3.36. The number of hydrogen-bond acceptors (Lipinski definition) is 5. The zero-order valence-electron chi connectivity index (χ0n) is 14.7. The van der Waals surface area contributed by atoms with E-state index in [0.717, 1.165) is 12.1 Å². The summed E-state index contributed by atoms with van der Waals surface area (Å²) in [5.41, 5.74) is 1.05. The Hall–Kier alpha value is -2.64. The molecule has 0 saturated heterocycles. The number of phenolic OH excluding ortho intramolecular Hbond substituents is 1. The second-order valence-corrected chi connectivity index (χ2v) is 9.97. The molecule has 0 aliphatic rings. The number of hydrogen-bond donors (Lipinski definition) is 1. The summed E-state index contributed by atoms with van der Waals surface area (Å²) < 4.78 is 52.0. The van der Waals surface area contributed by atoms with E-state index in [4.69, 9.17) is 0 Å². The first-order valence-corrected chi connectivity index (χ1v) is 11.1. The maximum atomic E-state index is 13.0. The van der Waals surface area contributed by atoms with Gasteiger partial charge in [-0.2, -0.15) is 0 Å². The maximum absolute atomic E-state index is 13.0. The van der Waals surface area contributed by atoms with Gasteiger partial charge in [-0.05, 0) is 55.3 Å². The number of phenols is 1. The summed E-state index contributed by atoms with van der Waals surface area (Å²) in [5.74, 6) is -0.498. The summed E-state index contributed by atoms with van der Waals surface area (Å²) in [6, 6.07) is 16.1. The molecular weight excluding hydrogens is 384 g/mol. The van der Waals surface area contributed by atoms with Crippen molar-refractivity contribution in [1.29, 1.82) is 0 Å². The lowest BCUT2D eigenvalue weighted by atomic mass is 10.2. The van der Waals surface area contributed by atoms with Crippen molar-refractivity contribution in [2.45, 2.75) is 33.4 Å². The highest BCUT2D eigenvalue weighted by Gasteiger charge is 2.27. The average Bonchev–Trinajstić information content (AvgIpc) is 2.62. The van der Waals surface area contributed by atoms with Gasteiger partial charge in [0.2, 0.25) is 19.7 Å². The molecule has 0 heterocycles. The van der Waals surface area contributed by atoms with E-state index < -0.39 is 30.3 Å². The van der Waals surface area contributed by atoms with Crippen molar-refractivity contribution >= 4 is 19.7 Å². The minimum Gasteiger partial charge on any atom is -0.507 e. The largest absolute Gasteiger partial charge is 0.507 e. The van der Waals surface area contributed by atoms with E-state index in [0.29, 0.717) is 11.1 Å². The fourth-order valence-electron chi connectivity index (χ4n) is 2.84. The summed E-state index contributed by atoms with van der Waals surface area (Å²) in [4.78, 5) is -0.520. The molecule has 0 radical (unpaired) electrons. The molecule has 0 bridgehead atoms. The molecule has 0 aliphatic carbocycles. The van der Waals surface area contributed by atoms with Gasteiger partial charge in [0.15, 0.2) is 0 Å². The quantitative estimate of drug-likeness (QED) is 0.719. The third-order valence-corrected chi connectivity index (χ3v) is 8.15. The fourth-order valence-corrected chi connectivity index (χ4v) is 6.05. The Kier molecular flexibility index (Phi) is 4.84. The molecule has 0 aromatic heterocycles. The van der Waals surface area contributed by atoms with Crippen molar-refractivity contribution in [2.75, 3.05) is 0 Å². The van der Waals surface area contributed by atoms with Crippen LogP contribution >= 0.6 is 0 Å². The molecule has 0 fully saturated rings. The summed E-state index contributed by atoms with van der Waals surface area (Å²) in [7, 11) is -8.03. The number of sulfone groups is 2. The Morgan fingerprint density at radius 1 is 0.630 bits per heavy atom. The number of rotatable bonds is 4. The molecule has 3 aromatic rings. The number of aromatic hydroxyl groups is 1. The van der Waals surface area contributed by atoms with Crippen LogP contribution in [0.15, 0.2) is 86.3 Å². The van der Waals surface area contributed by atoms with Crippen LogP contribution in [0.4, 0.5) is 0 Å². The van der Waals surface area contributed by atoms with Crippen LogP contribution in [0.1, 0.15) is 11.1 Å². The minimum absolute atomic E-state index is 0.0192. The van der Waals surface area contributed by atoms with Gasteiger partial charge in [0, 0.05) is 0 Å². The van der Waals surface area contributed by atoms with Crippen molar-refractivity contribution in [3.63, 3.8) is 0 Å².